The van der Waals surface area contributed by atoms with Gasteiger partial charge in [-0.2, -0.15) is 0 Å². The molecule has 0 radical (unpaired) electrons. The minimum Gasteiger partial charge on any atom is -0.351 e. The SMILES string of the molecule is C[C@]1(C(=O)NC2CCCCCC2)Cn2c(cc3sccc32)C(=O)N1Cc1ccccc1F. The van der Waals surface area contributed by atoms with E-state index < -0.39 is 5.54 Å². The third-order valence-corrected chi connectivity index (χ3v) is 7.87. The third-order valence-electron chi connectivity index (χ3n) is 7.01. The zero-order chi connectivity index (χ0) is 22.3. The molecule has 0 unspecified atom stereocenters. The van der Waals surface area contributed by atoms with E-state index in [9.17, 15) is 14.0 Å². The number of halogens is 1. The fourth-order valence-corrected chi connectivity index (χ4v) is 5.90. The molecule has 1 N–H and O–H groups in total. The average Bonchev–Trinajstić information content (AvgIpc) is 3.27. The third kappa shape index (κ3) is 3.62. The highest BCUT2D eigenvalue weighted by Crippen LogP contribution is 2.35. The van der Waals surface area contributed by atoms with Crippen LogP contribution in [0.5, 0.6) is 0 Å². The number of hydrogen-bond donors (Lipinski definition) is 1. The summed E-state index contributed by atoms with van der Waals surface area (Å²) in [7, 11) is 0. The summed E-state index contributed by atoms with van der Waals surface area (Å²) in [5.41, 5.74) is 0.823. The summed E-state index contributed by atoms with van der Waals surface area (Å²) in [6, 6.07) is 10.5. The fourth-order valence-electron chi connectivity index (χ4n) is 5.08. The summed E-state index contributed by atoms with van der Waals surface area (Å²) in [5.74, 6) is -0.757. The zero-order valence-electron chi connectivity index (χ0n) is 18.3. The maximum atomic E-state index is 14.5. The Morgan fingerprint density at radius 1 is 1.19 bits per heavy atom. The van der Waals surface area contributed by atoms with Crippen molar-refractivity contribution >= 4 is 33.4 Å². The lowest BCUT2D eigenvalue weighted by molar-refractivity contribution is -0.134. The van der Waals surface area contributed by atoms with Crippen LogP contribution in [0.2, 0.25) is 0 Å². The zero-order valence-corrected chi connectivity index (χ0v) is 19.1. The highest BCUT2D eigenvalue weighted by Gasteiger charge is 2.48. The Morgan fingerprint density at radius 2 is 1.94 bits per heavy atom. The standard InChI is InChI=1S/C25H28FN3O2S/c1-25(24(31)27-18-9-4-2-3-5-10-18)16-28-20-12-13-32-22(20)14-21(28)23(30)29(25)15-17-8-6-7-11-19(17)26/h6-8,11-14,18H,2-5,9-10,15-16H2,1H3,(H,27,31)/t25-/m1/s1. The van der Waals surface area contributed by atoms with Crippen molar-refractivity contribution in [3.05, 3.63) is 58.9 Å². The van der Waals surface area contributed by atoms with Crippen molar-refractivity contribution in [1.82, 2.24) is 14.8 Å². The van der Waals surface area contributed by atoms with Crippen molar-refractivity contribution < 1.29 is 14.0 Å². The van der Waals surface area contributed by atoms with Gasteiger partial charge in [-0.3, -0.25) is 9.59 Å². The Bertz CT molecular complexity index is 1160. The van der Waals surface area contributed by atoms with E-state index in [1.807, 2.05) is 29.0 Å². The first-order chi connectivity index (χ1) is 15.5. The molecule has 7 heteroatoms. The molecule has 1 aromatic carbocycles. The molecule has 0 saturated heterocycles. The molecule has 0 bridgehead atoms. The Balaban J connectivity index is 1.53. The Labute approximate surface area is 191 Å². The number of amides is 2. The number of nitrogens with zero attached hydrogens (tertiary/aromatic N) is 2. The van der Waals surface area contributed by atoms with Gasteiger partial charge in [0.1, 0.15) is 17.1 Å². The van der Waals surface area contributed by atoms with Gasteiger partial charge in [-0.1, -0.05) is 43.9 Å². The van der Waals surface area contributed by atoms with E-state index >= 15 is 0 Å². The molecule has 3 aromatic rings. The van der Waals surface area contributed by atoms with Gasteiger partial charge in [0.2, 0.25) is 5.91 Å². The van der Waals surface area contributed by atoms with Gasteiger partial charge in [0.05, 0.1) is 23.3 Å². The van der Waals surface area contributed by atoms with Gasteiger partial charge in [-0.05, 0) is 43.3 Å². The molecule has 2 aromatic heterocycles. The lowest BCUT2D eigenvalue weighted by Crippen LogP contribution is -2.64. The summed E-state index contributed by atoms with van der Waals surface area (Å²) in [4.78, 5) is 29.0. The van der Waals surface area contributed by atoms with Gasteiger partial charge in [-0.25, -0.2) is 4.39 Å². The number of nitrogens with one attached hydrogen (secondary N) is 1. The number of carbonyl (C=O) groups is 2. The summed E-state index contributed by atoms with van der Waals surface area (Å²) in [5, 5.41) is 5.24. The Hall–Kier alpha value is -2.67. The van der Waals surface area contributed by atoms with E-state index in [1.54, 1.807) is 34.4 Å². The van der Waals surface area contributed by atoms with Crippen LogP contribution in [0.25, 0.3) is 10.2 Å². The first kappa shape index (κ1) is 21.2. The molecule has 5 rings (SSSR count). The Kier molecular flexibility index (Phi) is 5.53. The van der Waals surface area contributed by atoms with Crippen molar-refractivity contribution in [2.45, 2.75) is 70.1 Å². The topological polar surface area (TPSA) is 54.3 Å². The van der Waals surface area contributed by atoms with Crippen molar-refractivity contribution in [3.8, 4) is 0 Å². The number of benzene rings is 1. The molecule has 1 aliphatic heterocycles. The number of hydrogen-bond acceptors (Lipinski definition) is 3. The molecular formula is C25H28FN3O2S. The molecule has 168 valence electrons. The van der Waals surface area contributed by atoms with Crippen LogP contribution in [-0.2, 0) is 17.9 Å². The lowest BCUT2D eigenvalue weighted by Gasteiger charge is -2.44. The second-order valence-electron chi connectivity index (χ2n) is 9.20. The van der Waals surface area contributed by atoms with E-state index in [4.69, 9.17) is 0 Å². The smallest absolute Gasteiger partial charge is 0.271 e. The molecule has 32 heavy (non-hydrogen) atoms. The first-order valence-electron chi connectivity index (χ1n) is 11.4. The second kappa shape index (κ2) is 8.35. The molecule has 1 aliphatic carbocycles. The van der Waals surface area contributed by atoms with Gasteiger partial charge in [0.15, 0.2) is 0 Å². The minimum atomic E-state index is -1.12. The van der Waals surface area contributed by atoms with Crippen molar-refractivity contribution in [2.75, 3.05) is 0 Å². The monoisotopic (exact) mass is 453 g/mol. The lowest BCUT2D eigenvalue weighted by atomic mass is 9.93. The predicted molar refractivity (Wildman–Crippen MR) is 124 cm³/mol. The summed E-state index contributed by atoms with van der Waals surface area (Å²) >= 11 is 1.58. The maximum Gasteiger partial charge on any atom is 0.271 e. The van der Waals surface area contributed by atoms with Gasteiger partial charge in [0, 0.05) is 11.6 Å². The van der Waals surface area contributed by atoms with Crippen LogP contribution in [0.4, 0.5) is 4.39 Å². The largest absolute Gasteiger partial charge is 0.351 e. The van der Waals surface area contributed by atoms with Crippen molar-refractivity contribution in [1.29, 1.82) is 0 Å². The average molecular weight is 454 g/mol. The molecule has 1 fully saturated rings. The van der Waals surface area contributed by atoms with Crippen LogP contribution in [0.3, 0.4) is 0 Å². The first-order valence-corrected chi connectivity index (χ1v) is 12.3. The Morgan fingerprint density at radius 3 is 2.69 bits per heavy atom. The van der Waals surface area contributed by atoms with Crippen LogP contribution in [0.15, 0.2) is 41.8 Å². The van der Waals surface area contributed by atoms with Crippen LogP contribution < -0.4 is 5.32 Å². The van der Waals surface area contributed by atoms with E-state index in [0.717, 1.165) is 35.9 Å². The summed E-state index contributed by atoms with van der Waals surface area (Å²) in [6.07, 6.45) is 6.54. The summed E-state index contributed by atoms with van der Waals surface area (Å²) < 4.78 is 17.5. The molecule has 2 amide bonds. The van der Waals surface area contributed by atoms with Crippen LogP contribution >= 0.6 is 11.3 Å². The molecule has 5 nitrogen and oxygen atoms in total. The number of fused-ring (bicyclic) bond motifs is 3. The maximum absolute atomic E-state index is 14.5. The number of rotatable bonds is 4. The predicted octanol–water partition coefficient (Wildman–Crippen LogP) is 5.10. The van der Waals surface area contributed by atoms with Crippen LogP contribution in [0, 0.1) is 5.82 Å². The van der Waals surface area contributed by atoms with Gasteiger partial charge in [-0.15, -0.1) is 11.3 Å². The van der Waals surface area contributed by atoms with Crippen molar-refractivity contribution in [2.24, 2.45) is 0 Å². The van der Waals surface area contributed by atoms with E-state index in [2.05, 4.69) is 5.32 Å². The second-order valence-corrected chi connectivity index (χ2v) is 10.2. The number of carbonyl (C=O) groups excluding carboxylic acids is 2. The van der Waals surface area contributed by atoms with Crippen molar-refractivity contribution in [3.63, 3.8) is 0 Å². The van der Waals surface area contributed by atoms with Gasteiger partial charge >= 0.3 is 0 Å². The van der Waals surface area contributed by atoms with Crippen LogP contribution in [0.1, 0.15) is 61.5 Å². The fraction of sp³-hybridized carbons (Fsp3) is 0.440. The van der Waals surface area contributed by atoms with E-state index in [0.29, 0.717) is 17.8 Å². The molecule has 3 heterocycles. The molecule has 2 aliphatic rings. The minimum absolute atomic E-state index is 0.0545. The highest BCUT2D eigenvalue weighted by molar-refractivity contribution is 7.17. The molecule has 1 atom stereocenters. The van der Waals surface area contributed by atoms with E-state index in [1.165, 1.54) is 18.9 Å². The number of aromatic nitrogens is 1. The van der Waals surface area contributed by atoms with Gasteiger partial charge in [0.25, 0.3) is 5.91 Å². The van der Waals surface area contributed by atoms with E-state index in [-0.39, 0.29) is 30.2 Å². The number of thiophene rings is 1. The summed E-state index contributed by atoms with van der Waals surface area (Å²) in [6.45, 7) is 2.22. The highest BCUT2D eigenvalue weighted by atomic mass is 32.1. The quantitative estimate of drug-likeness (QED) is 0.559. The molecular weight excluding hydrogens is 425 g/mol. The van der Waals surface area contributed by atoms with Gasteiger partial charge < -0.3 is 14.8 Å². The molecule has 1 saturated carbocycles. The van der Waals surface area contributed by atoms with Crippen LogP contribution in [-0.4, -0.2) is 32.9 Å². The molecule has 0 spiro atoms. The normalized spacial score (nSPS) is 22.1.